The van der Waals surface area contributed by atoms with Crippen LogP contribution < -0.4 is 5.32 Å². The largest absolute Gasteiger partial charge is 0.343 e. The number of thiazole rings is 1. The molecule has 1 amide bonds. The van der Waals surface area contributed by atoms with Crippen LogP contribution in [-0.2, 0) is 6.42 Å². The highest BCUT2D eigenvalue weighted by molar-refractivity contribution is 7.80. The van der Waals surface area contributed by atoms with Crippen LogP contribution in [0.1, 0.15) is 40.1 Å². The Kier molecular flexibility index (Phi) is 4.77. The van der Waals surface area contributed by atoms with E-state index in [9.17, 15) is 9.18 Å². The van der Waals surface area contributed by atoms with Crippen molar-refractivity contribution in [2.75, 3.05) is 0 Å². The van der Waals surface area contributed by atoms with Gasteiger partial charge in [0, 0.05) is 21.5 Å². The lowest BCUT2D eigenvalue weighted by Gasteiger charge is -2.11. The van der Waals surface area contributed by atoms with Crippen molar-refractivity contribution in [2.24, 2.45) is 0 Å². The van der Waals surface area contributed by atoms with Gasteiger partial charge in [0.2, 0.25) is 0 Å². The number of rotatable bonds is 4. The van der Waals surface area contributed by atoms with Crippen molar-refractivity contribution in [3.8, 4) is 0 Å². The molecule has 2 aromatic rings. The van der Waals surface area contributed by atoms with E-state index in [1.165, 1.54) is 23.1 Å². The molecular formula is C14H15FN2OS2. The van der Waals surface area contributed by atoms with Crippen molar-refractivity contribution < 1.29 is 9.18 Å². The SMILES string of the molecule is CCc1cnc(C(C)NC(=O)c2ccc(F)c(S)c2)s1. The van der Waals surface area contributed by atoms with Crippen molar-refractivity contribution in [1.82, 2.24) is 10.3 Å². The molecule has 0 aliphatic rings. The monoisotopic (exact) mass is 310 g/mol. The third kappa shape index (κ3) is 3.37. The Bertz CT molecular complexity index is 627. The van der Waals surface area contributed by atoms with Gasteiger partial charge in [0.1, 0.15) is 10.8 Å². The van der Waals surface area contributed by atoms with Gasteiger partial charge in [0.05, 0.1) is 6.04 Å². The van der Waals surface area contributed by atoms with Crippen molar-refractivity contribution in [3.63, 3.8) is 0 Å². The van der Waals surface area contributed by atoms with Crippen LogP contribution in [0.2, 0.25) is 0 Å². The van der Waals surface area contributed by atoms with Gasteiger partial charge in [0.25, 0.3) is 5.91 Å². The second-order valence-electron chi connectivity index (χ2n) is 4.38. The molecule has 1 N–H and O–H groups in total. The Hall–Kier alpha value is -1.40. The van der Waals surface area contributed by atoms with Gasteiger partial charge in [-0.25, -0.2) is 9.37 Å². The highest BCUT2D eigenvalue weighted by atomic mass is 32.1. The van der Waals surface area contributed by atoms with Crippen LogP contribution in [0.25, 0.3) is 0 Å². The summed E-state index contributed by atoms with van der Waals surface area (Å²) in [7, 11) is 0. The molecule has 6 heteroatoms. The zero-order valence-electron chi connectivity index (χ0n) is 11.2. The first-order valence-corrected chi connectivity index (χ1v) is 7.51. The Morgan fingerprint density at radius 2 is 2.30 bits per heavy atom. The molecule has 3 nitrogen and oxygen atoms in total. The van der Waals surface area contributed by atoms with Crippen LogP contribution in [0.5, 0.6) is 0 Å². The van der Waals surface area contributed by atoms with E-state index in [0.29, 0.717) is 5.56 Å². The number of hydrogen-bond donors (Lipinski definition) is 2. The van der Waals surface area contributed by atoms with E-state index >= 15 is 0 Å². The molecule has 1 atom stereocenters. The van der Waals surface area contributed by atoms with E-state index in [4.69, 9.17) is 0 Å². The van der Waals surface area contributed by atoms with Crippen LogP contribution >= 0.6 is 24.0 Å². The summed E-state index contributed by atoms with van der Waals surface area (Å²) < 4.78 is 13.1. The Balaban J connectivity index is 2.08. The molecule has 0 saturated heterocycles. The molecular weight excluding hydrogens is 295 g/mol. The van der Waals surface area contributed by atoms with E-state index in [1.54, 1.807) is 11.3 Å². The first-order valence-electron chi connectivity index (χ1n) is 6.25. The Morgan fingerprint density at radius 3 is 2.90 bits per heavy atom. The van der Waals surface area contributed by atoms with E-state index < -0.39 is 5.82 Å². The zero-order valence-corrected chi connectivity index (χ0v) is 12.9. The van der Waals surface area contributed by atoms with E-state index in [0.717, 1.165) is 11.4 Å². The fraction of sp³-hybridized carbons (Fsp3) is 0.286. The van der Waals surface area contributed by atoms with Gasteiger partial charge < -0.3 is 5.32 Å². The number of aromatic nitrogens is 1. The minimum atomic E-state index is -0.439. The van der Waals surface area contributed by atoms with Gasteiger partial charge in [0.15, 0.2) is 0 Å². The predicted octanol–water partition coefficient (Wildman–Crippen LogP) is 3.62. The van der Waals surface area contributed by atoms with Gasteiger partial charge in [-0.2, -0.15) is 0 Å². The lowest BCUT2D eigenvalue weighted by atomic mass is 10.2. The highest BCUT2D eigenvalue weighted by Gasteiger charge is 2.15. The van der Waals surface area contributed by atoms with Gasteiger partial charge in [-0.05, 0) is 31.5 Å². The van der Waals surface area contributed by atoms with Gasteiger partial charge in [-0.15, -0.1) is 24.0 Å². The molecule has 0 spiro atoms. The number of carbonyl (C=O) groups is 1. The second kappa shape index (κ2) is 6.37. The van der Waals surface area contributed by atoms with Crippen molar-refractivity contribution in [2.45, 2.75) is 31.2 Å². The molecule has 0 fully saturated rings. The van der Waals surface area contributed by atoms with Crippen molar-refractivity contribution >= 4 is 29.9 Å². The minimum Gasteiger partial charge on any atom is -0.343 e. The molecule has 1 aromatic heterocycles. The first kappa shape index (κ1) is 15.0. The van der Waals surface area contributed by atoms with E-state index in [1.807, 2.05) is 13.1 Å². The summed E-state index contributed by atoms with van der Waals surface area (Å²) in [5.74, 6) is -0.702. The summed E-state index contributed by atoms with van der Waals surface area (Å²) in [6.45, 7) is 3.94. The molecule has 0 aliphatic heterocycles. The molecule has 0 saturated carbocycles. The second-order valence-corrected chi connectivity index (χ2v) is 6.01. The predicted molar refractivity (Wildman–Crippen MR) is 81.0 cm³/mol. The number of benzene rings is 1. The van der Waals surface area contributed by atoms with Crippen LogP contribution in [-0.4, -0.2) is 10.9 Å². The third-order valence-electron chi connectivity index (χ3n) is 2.85. The Morgan fingerprint density at radius 1 is 1.55 bits per heavy atom. The average molecular weight is 310 g/mol. The van der Waals surface area contributed by atoms with Crippen LogP contribution in [0.3, 0.4) is 0 Å². The van der Waals surface area contributed by atoms with Gasteiger partial charge in [-0.1, -0.05) is 6.92 Å². The third-order valence-corrected chi connectivity index (χ3v) is 4.51. The summed E-state index contributed by atoms with van der Waals surface area (Å²) in [6.07, 6.45) is 2.76. The molecule has 1 heterocycles. The van der Waals surface area contributed by atoms with Crippen molar-refractivity contribution in [1.29, 1.82) is 0 Å². The number of hydrogen-bond acceptors (Lipinski definition) is 4. The maximum atomic E-state index is 13.1. The molecule has 0 aliphatic carbocycles. The number of aryl methyl sites for hydroxylation is 1. The number of amides is 1. The lowest BCUT2D eigenvalue weighted by molar-refractivity contribution is 0.0939. The number of thiol groups is 1. The van der Waals surface area contributed by atoms with E-state index in [-0.39, 0.29) is 16.8 Å². The first-order chi connectivity index (χ1) is 9.51. The summed E-state index contributed by atoms with van der Waals surface area (Å²) in [5, 5.41) is 3.71. The normalized spacial score (nSPS) is 12.2. The number of carbonyl (C=O) groups excluding carboxylic acids is 1. The maximum absolute atomic E-state index is 13.1. The minimum absolute atomic E-state index is 0.160. The number of halogens is 1. The summed E-state index contributed by atoms with van der Waals surface area (Å²) in [6, 6.07) is 3.91. The molecule has 106 valence electrons. The lowest BCUT2D eigenvalue weighted by Crippen LogP contribution is -2.26. The summed E-state index contributed by atoms with van der Waals surface area (Å²) in [5.41, 5.74) is 0.385. The summed E-state index contributed by atoms with van der Waals surface area (Å²) >= 11 is 5.56. The number of nitrogens with zero attached hydrogens (tertiary/aromatic N) is 1. The average Bonchev–Trinajstić information content (AvgIpc) is 2.90. The quantitative estimate of drug-likeness (QED) is 0.847. The van der Waals surface area contributed by atoms with Crippen LogP contribution in [0.4, 0.5) is 4.39 Å². The smallest absolute Gasteiger partial charge is 0.251 e. The fourth-order valence-corrected chi connectivity index (χ4v) is 2.76. The highest BCUT2D eigenvalue weighted by Crippen LogP contribution is 2.21. The maximum Gasteiger partial charge on any atom is 0.251 e. The van der Waals surface area contributed by atoms with Gasteiger partial charge in [-0.3, -0.25) is 4.79 Å². The van der Waals surface area contributed by atoms with Gasteiger partial charge >= 0.3 is 0 Å². The fourth-order valence-electron chi connectivity index (χ4n) is 1.68. The molecule has 2 rings (SSSR count). The molecule has 1 aromatic carbocycles. The van der Waals surface area contributed by atoms with E-state index in [2.05, 4.69) is 29.9 Å². The van der Waals surface area contributed by atoms with Crippen LogP contribution in [0.15, 0.2) is 29.3 Å². The molecule has 1 unspecified atom stereocenters. The summed E-state index contributed by atoms with van der Waals surface area (Å²) in [4.78, 5) is 17.7. The molecule has 20 heavy (non-hydrogen) atoms. The van der Waals surface area contributed by atoms with Crippen molar-refractivity contribution in [3.05, 3.63) is 45.7 Å². The Labute approximate surface area is 126 Å². The number of nitrogens with one attached hydrogen (secondary N) is 1. The standard InChI is InChI=1S/C14H15FN2OS2/c1-3-10-7-16-14(20-10)8(2)17-13(18)9-4-5-11(15)12(19)6-9/h4-8,19H,3H2,1-2H3,(H,17,18). The molecule has 0 bridgehead atoms. The molecule has 0 radical (unpaired) electrons. The zero-order chi connectivity index (χ0) is 14.7. The van der Waals surface area contributed by atoms with Crippen LogP contribution in [0, 0.1) is 5.82 Å². The topological polar surface area (TPSA) is 42.0 Å².